The lowest BCUT2D eigenvalue weighted by Gasteiger charge is -2.22. The van der Waals surface area contributed by atoms with Gasteiger partial charge in [0.1, 0.15) is 0 Å². The lowest BCUT2D eigenvalue weighted by atomic mass is 10.2. The number of nitrogens with zero attached hydrogens (tertiary/aromatic N) is 2. The molecule has 0 aliphatic carbocycles. The number of carbonyl (C=O) groups excluding carboxylic acids is 2. The van der Waals surface area contributed by atoms with E-state index < -0.39 is 18.0 Å². The van der Waals surface area contributed by atoms with Gasteiger partial charge in [-0.1, -0.05) is 55.8 Å². The number of benzene rings is 3. The number of halogens is 1. The number of hydrogen-bond donors (Lipinski definition) is 2. The van der Waals surface area contributed by atoms with E-state index in [1.807, 2.05) is 38.1 Å². The average Bonchev–Trinajstić information content (AvgIpc) is 3.25. The molecule has 0 aliphatic heterocycles. The van der Waals surface area contributed by atoms with Crippen molar-refractivity contribution in [3.05, 3.63) is 95.1 Å². The average molecular weight is 520 g/mol. The first-order valence-corrected chi connectivity index (χ1v) is 12.7. The molecular formula is C29H30ClN3O4. The fourth-order valence-electron chi connectivity index (χ4n) is 4.24. The Morgan fingerprint density at radius 2 is 1.62 bits per heavy atom. The number of likely N-dealkylation sites (N-methyl/N-ethyl adjacent to an activating group) is 1. The normalized spacial score (nSPS) is 12.0. The smallest absolute Gasteiger partial charge is 0.343 e. The number of nitrogens with one attached hydrogen (secondary N) is 1. The van der Waals surface area contributed by atoms with Crippen LogP contribution in [0.5, 0.6) is 5.75 Å². The Bertz CT molecular complexity index is 1370. The number of aliphatic hydroxyl groups is 1. The van der Waals surface area contributed by atoms with Crippen LogP contribution in [0.25, 0.3) is 16.6 Å². The molecule has 0 spiro atoms. The van der Waals surface area contributed by atoms with Gasteiger partial charge in [0.15, 0.2) is 11.4 Å². The van der Waals surface area contributed by atoms with E-state index in [9.17, 15) is 14.7 Å². The zero-order valence-electron chi connectivity index (χ0n) is 20.9. The van der Waals surface area contributed by atoms with E-state index in [1.54, 1.807) is 59.2 Å². The third kappa shape index (κ3) is 6.02. The molecule has 1 unspecified atom stereocenters. The maximum Gasteiger partial charge on any atom is 0.343 e. The Morgan fingerprint density at radius 1 is 0.973 bits per heavy atom. The van der Waals surface area contributed by atoms with Gasteiger partial charge in [-0.3, -0.25) is 4.79 Å². The van der Waals surface area contributed by atoms with E-state index in [2.05, 4.69) is 10.2 Å². The molecule has 1 atom stereocenters. The second-order valence-electron chi connectivity index (χ2n) is 8.61. The van der Waals surface area contributed by atoms with E-state index in [1.165, 1.54) is 0 Å². The van der Waals surface area contributed by atoms with Gasteiger partial charge in [-0.25, -0.2) is 4.79 Å². The quantitative estimate of drug-likeness (QED) is 0.290. The number of amides is 1. The van der Waals surface area contributed by atoms with Gasteiger partial charge in [0.05, 0.1) is 17.2 Å². The lowest BCUT2D eigenvalue weighted by Crippen LogP contribution is -2.40. The summed E-state index contributed by atoms with van der Waals surface area (Å²) < 4.78 is 7.62. The molecule has 3 aromatic carbocycles. The van der Waals surface area contributed by atoms with Gasteiger partial charge >= 0.3 is 5.97 Å². The van der Waals surface area contributed by atoms with Crippen molar-refractivity contribution in [3.63, 3.8) is 0 Å². The summed E-state index contributed by atoms with van der Waals surface area (Å²) in [6, 6.07) is 23.0. The van der Waals surface area contributed by atoms with Gasteiger partial charge in [-0.15, -0.1) is 0 Å². The maximum absolute atomic E-state index is 13.7. The van der Waals surface area contributed by atoms with Gasteiger partial charge in [0.25, 0.3) is 5.91 Å². The molecule has 2 N–H and O–H groups in total. The van der Waals surface area contributed by atoms with E-state index in [4.69, 9.17) is 16.3 Å². The molecule has 0 radical (unpaired) electrons. The van der Waals surface area contributed by atoms with Crippen LogP contribution >= 0.6 is 11.6 Å². The van der Waals surface area contributed by atoms with Crippen molar-refractivity contribution < 1.29 is 19.4 Å². The molecule has 0 saturated carbocycles. The third-order valence-electron chi connectivity index (χ3n) is 6.19. The van der Waals surface area contributed by atoms with Crippen LogP contribution in [0.4, 0.5) is 0 Å². The number of carbonyl (C=O) groups is 2. The van der Waals surface area contributed by atoms with Crippen LogP contribution in [0.1, 0.15) is 34.7 Å². The summed E-state index contributed by atoms with van der Waals surface area (Å²) in [5.41, 5.74) is 1.89. The number of aromatic nitrogens is 1. The van der Waals surface area contributed by atoms with Crippen LogP contribution in [-0.4, -0.2) is 58.7 Å². The Morgan fingerprint density at radius 3 is 2.30 bits per heavy atom. The molecule has 0 aliphatic rings. The molecule has 0 bridgehead atoms. The summed E-state index contributed by atoms with van der Waals surface area (Å²) in [5.74, 6) is -0.897. The SMILES string of the molecule is CCN(CC)CC(O)CNC(=O)c1c(OC(=O)c2ccccc2)c2ccccc2n1-c1ccc(Cl)cc1. The van der Waals surface area contributed by atoms with Gasteiger partial charge < -0.3 is 24.6 Å². The van der Waals surface area contributed by atoms with E-state index in [0.29, 0.717) is 33.7 Å². The van der Waals surface area contributed by atoms with Crippen molar-refractivity contribution in [2.45, 2.75) is 20.0 Å². The Hall–Kier alpha value is -3.65. The number of fused-ring (bicyclic) bond motifs is 1. The molecule has 1 amide bonds. The summed E-state index contributed by atoms with van der Waals surface area (Å²) in [4.78, 5) is 28.8. The molecule has 1 heterocycles. The minimum absolute atomic E-state index is 0.0452. The molecule has 1 aromatic heterocycles. The van der Waals surface area contributed by atoms with E-state index in [-0.39, 0.29) is 18.0 Å². The first-order valence-electron chi connectivity index (χ1n) is 12.3. The summed E-state index contributed by atoms with van der Waals surface area (Å²) in [6.45, 7) is 6.12. The fourth-order valence-corrected chi connectivity index (χ4v) is 4.37. The standard InChI is InChI=1S/C29H30ClN3O4/c1-3-32(4-2)19-23(34)18-31-28(35)26-27(37-29(36)20-10-6-5-7-11-20)24-12-8-9-13-25(24)33(26)22-16-14-21(30)15-17-22/h5-17,23,34H,3-4,18-19H2,1-2H3,(H,31,35). The number of aliphatic hydroxyl groups excluding tert-OH is 1. The number of para-hydroxylation sites is 1. The topological polar surface area (TPSA) is 83.8 Å². The summed E-state index contributed by atoms with van der Waals surface area (Å²) in [5, 5.41) is 14.5. The van der Waals surface area contributed by atoms with Crippen LogP contribution in [0.3, 0.4) is 0 Å². The zero-order chi connectivity index (χ0) is 26.4. The largest absolute Gasteiger partial charge is 0.420 e. The minimum atomic E-state index is -0.757. The van der Waals surface area contributed by atoms with Gasteiger partial charge in [0, 0.05) is 29.2 Å². The number of hydrogen-bond acceptors (Lipinski definition) is 5. The van der Waals surface area contributed by atoms with Gasteiger partial charge in [-0.05, 0) is 61.6 Å². The third-order valence-corrected chi connectivity index (χ3v) is 6.45. The first kappa shape index (κ1) is 26.4. The molecule has 8 heteroatoms. The van der Waals surface area contributed by atoms with Crippen LogP contribution in [0.15, 0.2) is 78.9 Å². The fraction of sp³-hybridized carbons (Fsp3) is 0.241. The minimum Gasteiger partial charge on any atom is -0.420 e. The van der Waals surface area contributed by atoms with Crippen LogP contribution in [0, 0.1) is 0 Å². The van der Waals surface area contributed by atoms with Crippen LogP contribution < -0.4 is 10.1 Å². The highest BCUT2D eigenvalue weighted by Crippen LogP contribution is 2.36. The van der Waals surface area contributed by atoms with Crippen molar-refractivity contribution >= 4 is 34.4 Å². The van der Waals surface area contributed by atoms with Crippen molar-refractivity contribution in [1.29, 1.82) is 0 Å². The molecule has 7 nitrogen and oxygen atoms in total. The van der Waals surface area contributed by atoms with Crippen LogP contribution in [-0.2, 0) is 0 Å². The van der Waals surface area contributed by atoms with Crippen molar-refractivity contribution in [1.82, 2.24) is 14.8 Å². The molecule has 0 fully saturated rings. The summed E-state index contributed by atoms with van der Waals surface area (Å²) in [6.07, 6.45) is -0.757. The Balaban J connectivity index is 1.77. The number of esters is 1. The highest BCUT2D eigenvalue weighted by molar-refractivity contribution is 6.30. The molecule has 4 aromatic rings. The van der Waals surface area contributed by atoms with Crippen molar-refractivity contribution in [3.8, 4) is 11.4 Å². The van der Waals surface area contributed by atoms with Crippen molar-refractivity contribution in [2.24, 2.45) is 0 Å². The zero-order valence-corrected chi connectivity index (χ0v) is 21.6. The monoisotopic (exact) mass is 519 g/mol. The predicted molar refractivity (Wildman–Crippen MR) is 146 cm³/mol. The highest BCUT2D eigenvalue weighted by Gasteiger charge is 2.27. The second-order valence-corrected chi connectivity index (χ2v) is 9.05. The Labute approximate surface area is 221 Å². The first-order chi connectivity index (χ1) is 17.9. The summed E-state index contributed by atoms with van der Waals surface area (Å²) in [7, 11) is 0. The number of ether oxygens (including phenoxy) is 1. The lowest BCUT2D eigenvalue weighted by molar-refractivity contribution is 0.0732. The predicted octanol–water partition coefficient (Wildman–Crippen LogP) is 4.94. The number of rotatable bonds is 10. The van der Waals surface area contributed by atoms with Crippen LogP contribution in [0.2, 0.25) is 5.02 Å². The second kappa shape index (κ2) is 12.1. The maximum atomic E-state index is 13.7. The highest BCUT2D eigenvalue weighted by atomic mass is 35.5. The summed E-state index contributed by atoms with van der Waals surface area (Å²) >= 11 is 6.12. The Kier molecular flexibility index (Phi) is 8.61. The molecule has 4 rings (SSSR count). The van der Waals surface area contributed by atoms with Gasteiger partial charge in [-0.2, -0.15) is 0 Å². The molecule has 0 saturated heterocycles. The molecule has 192 valence electrons. The van der Waals surface area contributed by atoms with Gasteiger partial charge in [0.2, 0.25) is 0 Å². The molecular weight excluding hydrogens is 490 g/mol. The van der Waals surface area contributed by atoms with E-state index >= 15 is 0 Å². The molecule has 37 heavy (non-hydrogen) atoms. The van der Waals surface area contributed by atoms with E-state index in [0.717, 1.165) is 13.1 Å². The van der Waals surface area contributed by atoms with Crippen molar-refractivity contribution in [2.75, 3.05) is 26.2 Å².